The summed E-state index contributed by atoms with van der Waals surface area (Å²) in [5.41, 5.74) is -0.377. The molecule has 10 heteroatoms. The van der Waals surface area contributed by atoms with E-state index in [1.807, 2.05) is 20.8 Å². The van der Waals surface area contributed by atoms with Crippen molar-refractivity contribution in [3.63, 3.8) is 0 Å². The number of amides is 3. The van der Waals surface area contributed by atoms with Crippen LogP contribution in [0.5, 0.6) is 0 Å². The number of hydrogen-bond acceptors (Lipinski definition) is 6. The number of ether oxygens (including phenoxy) is 1. The average molecular weight is 462 g/mol. The maximum atomic E-state index is 12.5. The molecule has 0 rings (SSSR count). The van der Waals surface area contributed by atoms with Crippen LogP contribution in [0.25, 0.3) is 0 Å². The minimum atomic E-state index is -1.06. The number of carbonyl (C=O) groups excluding carboxylic acids is 3. The molecular formula is C21H39N3O6S. The second-order valence-electron chi connectivity index (χ2n) is 9.50. The molecule has 0 radical (unpaired) electrons. The monoisotopic (exact) mass is 461 g/mol. The fourth-order valence-electron chi connectivity index (χ4n) is 2.13. The van der Waals surface area contributed by atoms with Gasteiger partial charge in [-0.1, -0.05) is 41.5 Å². The van der Waals surface area contributed by atoms with E-state index in [-0.39, 0.29) is 43.2 Å². The maximum Gasteiger partial charge on any atom is 0.303 e. The van der Waals surface area contributed by atoms with Gasteiger partial charge in [-0.05, 0) is 11.2 Å². The van der Waals surface area contributed by atoms with Crippen LogP contribution in [0.15, 0.2) is 0 Å². The minimum absolute atomic E-state index is 0.0568. The van der Waals surface area contributed by atoms with Gasteiger partial charge in [0.25, 0.3) is 0 Å². The maximum absolute atomic E-state index is 12.5. The van der Waals surface area contributed by atoms with Crippen molar-refractivity contribution in [2.75, 3.05) is 37.8 Å². The quantitative estimate of drug-likeness (QED) is 0.287. The van der Waals surface area contributed by atoms with Crippen molar-refractivity contribution in [1.82, 2.24) is 16.0 Å². The van der Waals surface area contributed by atoms with Crippen LogP contribution in [0.1, 0.15) is 54.4 Å². The summed E-state index contributed by atoms with van der Waals surface area (Å²) in [6, 6.07) is -0.750. The van der Waals surface area contributed by atoms with Crippen molar-refractivity contribution >= 4 is 35.5 Å². The standard InChI is InChI=1S/C21H39N3O6S/c1-20(2,3)14-31-13-15(24-16(25)7-8-17(26)27)18(28)22-9-11-30-12-10-23-19(29)21(4,5)6/h15H,7-14H2,1-6H3,(H,22,28)(H,23,29)(H,24,25)(H,26,27)/t15-/m0/s1. The highest BCUT2D eigenvalue weighted by atomic mass is 32.2. The molecule has 9 nitrogen and oxygen atoms in total. The van der Waals surface area contributed by atoms with Gasteiger partial charge in [0, 0.05) is 30.7 Å². The van der Waals surface area contributed by atoms with Crippen LogP contribution in [0, 0.1) is 10.8 Å². The number of carbonyl (C=O) groups is 4. The molecule has 0 aromatic rings. The summed E-state index contributed by atoms with van der Waals surface area (Å²) < 4.78 is 5.41. The highest BCUT2D eigenvalue weighted by Gasteiger charge is 2.22. The van der Waals surface area contributed by atoms with E-state index in [1.54, 1.807) is 11.8 Å². The summed E-state index contributed by atoms with van der Waals surface area (Å²) in [5, 5.41) is 16.8. The van der Waals surface area contributed by atoms with E-state index >= 15 is 0 Å². The van der Waals surface area contributed by atoms with Gasteiger partial charge in [0.05, 0.1) is 19.6 Å². The molecule has 0 aliphatic heterocycles. The van der Waals surface area contributed by atoms with Crippen molar-refractivity contribution < 1.29 is 29.0 Å². The Morgan fingerprint density at radius 1 is 0.935 bits per heavy atom. The van der Waals surface area contributed by atoms with Crippen LogP contribution in [0.3, 0.4) is 0 Å². The number of carboxylic acids is 1. The molecular weight excluding hydrogens is 422 g/mol. The van der Waals surface area contributed by atoms with Crippen molar-refractivity contribution in [3.8, 4) is 0 Å². The number of rotatable bonds is 14. The van der Waals surface area contributed by atoms with E-state index in [1.165, 1.54) is 0 Å². The Hall–Kier alpha value is -1.81. The zero-order valence-electron chi connectivity index (χ0n) is 19.6. The molecule has 0 saturated carbocycles. The molecule has 0 fully saturated rings. The first-order valence-corrected chi connectivity index (χ1v) is 11.6. The van der Waals surface area contributed by atoms with E-state index in [0.29, 0.717) is 18.9 Å². The Morgan fingerprint density at radius 2 is 1.52 bits per heavy atom. The molecule has 0 aliphatic carbocycles. The van der Waals surface area contributed by atoms with Crippen LogP contribution < -0.4 is 16.0 Å². The summed E-state index contributed by atoms with van der Waals surface area (Å²) in [6.45, 7) is 13.0. The first-order valence-electron chi connectivity index (χ1n) is 10.4. The van der Waals surface area contributed by atoms with E-state index in [0.717, 1.165) is 5.75 Å². The third-order valence-corrected chi connectivity index (χ3v) is 5.44. The minimum Gasteiger partial charge on any atom is -0.481 e. The normalized spacial score (nSPS) is 12.7. The predicted octanol–water partition coefficient (Wildman–Crippen LogP) is 1.41. The molecule has 31 heavy (non-hydrogen) atoms. The van der Waals surface area contributed by atoms with Gasteiger partial charge in [-0.15, -0.1) is 0 Å². The molecule has 0 spiro atoms. The summed E-state index contributed by atoms with van der Waals surface area (Å²) in [4.78, 5) is 46.9. The molecule has 180 valence electrons. The second kappa shape index (κ2) is 14.3. The Bertz CT molecular complexity index is 599. The molecule has 0 aromatic heterocycles. The zero-order chi connectivity index (χ0) is 24.1. The first kappa shape index (κ1) is 29.2. The third kappa shape index (κ3) is 16.5. The van der Waals surface area contributed by atoms with E-state index in [4.69, 9.17) is 9.84 Å². The molecule has 0 heterocycles. The fraction of sp³-hybridized carbons (Fsp3) is 0.810. The third-order valence-electron chi connectivity index (χ3n) is 3.80. The molecule has 1 atom stereocenters. The van der Waals surface area contributed by atoms with E-state index in [2.05, 4.69) is 36.7 Å². The van der Waals surface area contributed by atoms with Gasteiger partial charge < -0.3 is 25.8 Å². The Kier molecular flexibility index (Phi) is 13.5. The second-order valence-corrected chi connectivity index (χ2v) is 10.5. The average Bonchev–Trinajstić information content (AvgIpc) is 2.62. The van der Waals surface area contributed by atoms with Crippen LogP contribution in [0.4, 0.5) is 0 Å². The van der Waals surface area contributed by atoms with Gasteiger partial charge in [-0.3, -0.25) is 19.2 Å². The van der Waals surface area contributed by atoms with Gasteiger partial charge in [0.2, 0.25) is 17.7 Å². The lowest BCUT2D eigenvalue weighted by Crippen LogP contribution is -2.49. The molecule has 4 N–H and O–H groups in total. The Morgan fingerprint density at radius 3 is 2.03 bits per heavy atom. The van der Waals surface area contributed by atoms with Crippen LogP contribution in [-0.2, 0) is 23.9 Å². The van der Waals surface area contributed by atoms with E-state index in [9.17, 15) is 19.2 Å². The lowest BCUT2D eigenvalue weighted by molar-refractivity contribution is -0.139. The molecule has 0 aliphatic rings. The number of carboxylic acid groups (broad SMARTS) is 1. The van der Waals surface area contributed by atoms with Gasteiger partial charge in [-0.25, -0.2) is 0 Å². The van der Waals surface area contributed by atoms with Gasteiger partial charge in [0.1, 0.15) is 6.04 Å². The lowest BCUT2D eigenvalue weighted by Gasteiger charge is -2.21. The van der Waals surface area contributed by atoms with Crippen LogP contribution >= 0.6 is 11.8 Å². The van der Waals surface area contributed by atoms with Crippen LogP contribution in [0.2, 0.25) is 0 Å². The Labute approximate surface area is 189 Å². The van der Waals surface area contributed by atoms with Gasteiger partial charge in [-0.2, -0.15) is 11.8 Å². The number of hydrogen-bond donors (Lipinski definition) is 4. The van der Waals surface area contributed by atoms with Crippen molar-refractivity contribution in [1.29, 1.82) is 0 Å². The first-order chi connectivity index (χ1) is 14.2. The molecule has 0 unspecified atom stereocenters. The molecule has 0 bridgehead atoms. The highest BCUT2D eigenvalue weighted by Crippen LogP contribution is 2.20. The molecule has 3 amide bonds. The van der Waals surface area contributed by atoms with Gasteiger partial charge in [0.15, 0.2) is 0 Å². The van der Waals surface area contributed by atoms with Crippen LogP contribution in [-0.4, -0.2) is 72.6 Å². The summed E-state index contributed by atoms with van der Waals surface area (Å²) in [6.07, 6.45) is -0.457. The van der Waals surface area contributed by atoms with E-state index < -0.39 is 23.3 Å². The fourth-order valence-corrected chi connectivity index (χ4v) is 3.33. The van der Waals surface area contributed by atoms with Crippen molar-refractivity contribution in [2.45, 2.75) is 60.4 Å². The van der Waals surface area contributed by atoms with Crippen molar-refractivity contribution in [2.24, 2.45) is 10.8 Å². The smallest absolute Gasteiger partial charge is 0.303 e. The molecule has 0 aromatic carbocycles. The number of nitrogens with one attached hydrogen (secondary N) is 3. The largest absolute Gasteiger partial charge is 0.481 e. The summed E-state index contributed by atoms with van der Waals surface area (Å²) in [5.74, 6) is -0.723. The van der Waals surface area contributed by atoms with Gasteiger partial charge >= 0.3 is 5.97 Å². The predicted molar refractivity (Wildman–Crippen MR) is 122 cm³/mol. The number of aliphatic carboxylic acids is 1. The van der Waals surface area contributed by atoms with Crippen molar-refractivity contribution in [3.05, 3.63) is 0 Å². The summed E-state index contributed by atoms with van der Waals surface area (Å²) in [7, 11) is 0. The Balaban J connectivity index is 4.37. The zero-order valence-corrected chi connectivity index (χ0v) is 20.4. The SMILES string of the molecule is CC(C)(C)CSC[C@H](NC(=O)CCC(=O)O)C(=O)NCCOCCNC(=O)C(C)(C)C. The topological polar surface area (TPSA) is 134 Å². The number of thioether (sulfide) groups is 1. The highest BCUT2D eigenvalue weighted by molar-refractivity contribution is 7.99. The lowest BCUT2D eigenvalue weighted by atomic mass is 9.96. The summed E-state index contributed by atoms with van der Waals surface area (Å²) >= 11 is 1.55. The molecule has 0 saturated heterocycles.